The van der Waals surface area contributed by atoms with Gasteiger partial charge in [-0.05, 0) is 24.8 Å². The molecule has 0 saturated carbocycles. The van der Waals surface area contributed by atoms with E-state index in [2.05, 4.69) is 36.1 Å². The Morgan fingerprint density at radius 1 is 1.44 bits per heavy atom. The van der Waals surface area contributed by atoms with Gasteiger partial charge in [0.15, 0.2) is 0 Å². The number of hydrogen-bond donors (Lipinski definition) is 4. The maximum absolute atomic E-state index is 13.3. The molecule has 0 aliphatic carbocycles. The molecule has 8 nitrogen and oxygen atoms in total. The molecule has 0 aromatic heterocycles. The zero-order chi connectivity index (χ0) is 23.3. The molecular formula is C24H35N5O3. The summed E-state index contributed by atoms with van der Waals surface area (Å²) < 4.78 is 5.92. The molecule has 4 unspecified atom stereocenters. The van der Waals surface area contributed by atoms with E-state index in [1.807, 2.05) is 30.9 Å². The minimum Gasteiger partial charge on any atom is -0.492 e. The van der Waals surface area contributed by atoms with Gasteiger partial charge in [-0.25, -0.2) is 0 Å². The van der Waals surface area contributed by atoms with Crippen molar-refractivity contribution < 1.29 is 14.6 Å². The number of aliphatic hydroxyl groups is 1. The molecule has 5 N–H and O–H groups in total. The molecule has 0 radical (unpaired) electrons. The highest BCUT2D eigenvalue weighted by atomic mass is 16.5. The maximum Gasteiger partial charge on any atom is 0.255 e. The lowest BCUT2D eigenvalue weighted by Crippen LogP contribution is -2.64. The van der Waals surface area contributed by atoms with Gasteiger partial charge in [0.05, 0.1) is 41.4 Å². The standard InChI is InChI=1S/C24H35N5O3/c1-6-19(25)28-18-12-26-14(2)29-13-17(21(30)24(18,29)5)27-22(31)15-8-7-9-16-20(15)32-11-10-23(16,3)4/h7-9,17-18,21,26,30H,2,6,10-13H2,1,3-5H3,(H2,25,28)(H,27,31). The molecule has 0 bridgehead atoms. The first kappa shape index (κ1) is 22.5. The third-order valence-corrected chi connectivity index (χ3v) is 7.40. The fourth-order valence-electron chi connectivity index (χ4n) is 5.14. The quantitative estimate of drug-likeness (QED) is 0.416. The van der Waals surface area contributed by atoms with Crippen molar-refractivity contribution in [1.29, 1.82) is 0 Å². The molecule has 2 fully saturated rings. The highest BCUT2D eigenvalue weighted by Crippen LogP contribution is 2.41. The van der Waals surface area contributed by atoms with Crippen LogP contribution in [0.4, 0.5) is 0 Å². The van der Waals surface area contributed by atoms with Crippen LogP contribution >= 0.6 is 0 Å². The van der Waals surface area contributed by atoms with Crippen LogP contribution in [-0.4, -0.2) is 65.2 Å². The zero-order valence-corrected chi connectivity index (χ0v) is 19.4. The van der Waals surface area contributed by atoms with Crippen molar-refractivity contribution in [3.63, 3.8) is 0 Å². The van der Waals surface area contributed by atoms with Crippen LogP contribution in [-0.2, 0) is 5.41 Å². The van der Waals surface area contributed by atoms with Gasteiger partial charge in [0.1, 0.15) is 11.9 Å². The van der Waals surface area contributed by atoms with Gasteiger partial charge >= 0.3 is 0 Å². The molecule has 3 aliphatic heterocycles. The Hall–Kier alpha value is -2.74. The van der Waals surface area contributed by atoms with Gasteiger partial charge in [-0.15, -0.1) is 0 Å². The molecule has 3 heterocycles. The number of nitrogens with zero attached hydrogens (tertiary/aromatic N) is 2. The van der Waals surface area contributed by atoms with Crippen molar-refractivity contribution in [2.45, 2.75) is 69.7 Å². The second kappa shape index (κ2) is 7.99. The van der Waals surface area contributed by atoms with Crippen LogP contribution in [0.15, 0.2) is 35.6 Å². The minimum absolute atomic E-state index is 0.0568. The molecule has 8 heteroatoms. The van der Waals surface area contributed by atoms with Crippen LogP contribution in [0.25, 0.3) is 0 Å². The Morgan fingerprint density at radius 2 is 2.19 bits per heavy atom. The van der Waals surface area contributed by atoms with Crippen LogP contribution in [0.1, 0.15) is 56.5 Å². The summed E-state index contributed by atoms with van der Waals surface area (Å²) in [7, 11) is 0. The molecule has 174 valence electrons. The minimum atomic E-state index is -0.847. The molecule has 1 aromatic carbocycles. The molecular weight excluding hydrogens is 406 g/mol. The van der Waals surface area contributed by atoms with Crippen LogP contribution in [0, 0.1) is 0 Å². The van der Waals surface area contributed by atoms with E-state index in [4.69, 9.17) is 10.5 Å². The normalized spacial score (nSPS) is 31.3. The predicted molar refractivity (Wildman–Crippen MR) is 125 cm³/mol. The maximum atomic E-state index is 13.3. The number of rotatable bonds is 4. The highest BCUT2D eigenvalue weighted by molar-refractivity contribution is 5.98. The number of para-hydroxylation sites is 1. The predicted octanol–water partition coefficient (Wildman–Crippen LogP) is 1.49. The Kier molecular flexibility index (Phi) is 5.61. The van der Waals surface area contributed by atoms with Gasteiger partial charge in [0.2, 0.25) is 0 Å². The number of nitrogens with two attached hydrogens (primary N) is 1. The summed E-state index contributed by atoms with van der Waals surface area (Å²) in [5.74, 6) is 1.65. The summed E-state index contributed by atoms with van der Waals surface area (Å²) >= 11 is 0. The number of fused-ring (bicyclic) bond motifs is 2. The van der Waals surface area contributed by atoms with E-state index >= 15 is 0 Å². The Labute approximate surface area is 189 Å². The molecule has 4 atom stereocenters. The lowest BCUT2D eigenvalue weighted by Gasteiger charge is -2.48. The van der Waals surface area contributed by atoms with Crippen molar-refractivity contribution in [2.24, 2.45) is 10.7 Å². The number of carbonyl (C=O) groups is 1. The summed E-state index contributed by atoms with van der Waals surface area (Å²) in [5.41, 5.74) is 6.77. The number of carbonyl (C=O) groups excluding carboxylic acids is 1. The third kappa shape index (κ3) is 3.50. The van der Waals surface area contributed by atoms with Gasteiger partial charge in [-0.2, -0.15) is 0 Å². The molecule has 1 aromatic rings. The van der Waals surface area contributed by atoms with Gasteiger partial charge in [0.25, 0.3) is 5.91 Å². The number of aliphatic hydroxyl groups excluding tert-OH is 1. The van der Waals surface area contributed by atoms with E-state index < -0.39 is 17.7 Å². The van der Waals surface area contributed by atoms with Crippen molar-refractivity contribution >= 4 is 11.7 Å². The smallest absolute Gasteiger partial charge is 0.255 e. The van der Waals surface area contributed by atoms with Crippen molar-refractivity contribution in [1.82, 2.24) is 15.5 Å². The first-order valence-corrected chi connectivity index (χ1v) is 11.4. The Morgan fingerprint density at radius 3 is 2.91 bits per heavy atom. The number of amides is 1. The lowest BCUT2D eigenvalue weighted by molar-refractivity contribution is 0.0147. The van der Waals surface area contributed by atoms with Crippen LogP contribution in [0.2, 0.25) is 0 Å². The Balaban J connectivity index is 1.60. The molecule has 32 heavy (non-hydrogen) atoms. The first-order valence-electron chi connectivity index (χ1n) is 11.4. The molecule has 3 aliphatic rings. The van der Waals surface area contributed by atoms with E-state index in [9.17, 15) is 9.90 Å². The van der Waals surface area contributed by atoms with Gasteiger partial charge in [-0.3, -0.25) is 9.79 Å². The monoisotopic (exact) mass is 441 g/mol. The van der Waals surface area contributed by atoms with Crippen molar-refractivity contribution in [3.8, 4) is 5.75 Å². The number of benzene rings is 1. The topological polar surface area (TPSA) is 112 Å². The molecule has 4 rings (SSSR count). The summed E-state index contributed by atoms with van der Waals surface area (Å²) in [6, 6.07) is 4.94. The van der Waals surface area contributed by atoms with Crippen LogP contribution < -0.4 is 21.1 Å². The summed E-state index contributed by atoms with van der Waals surface area (Å²) in [4.78, 5) is 20.0. The van der Waals surface area contributed by atoms with E-state index in [0.717, 1.165) is 12.0 Å². The number of hydrogen-bond acceptors (Lipinski definition) is 6. The fourth-order valence-corrected chi connectivity index (χ4v) is 5.14. The van der Waals surface area contributed by atoms with Gasteiger partial charge < -0.3 is 31.1 Å². The van der Waals surface area contributed by atoms with Crippen LogP contribution in [0.5, 0.6) is 5.75 Å². The van der Waals surface area contributed by atoms with E-state index in [-0.39, 0.29) is 17.4 Å². The molecule has 1 amide bonds. The largest absolute Gasteiger partial charge is 0.492 e. The van der Waals surface area contributed by atoms with Crippen molar-refractivity contribution in [3.05, 3.63) is 41.7 Å². The lowest BCUT2D eigenvalue weighted by atomic mass is 9.79. The number of nitrogens with one attached hydrogen (secondary N) is 2. The summed E-state index contributed by atoms with van der Waals surface area (Å²) in [6.07, 6.45) is 0.692. The summed E-state index contributed by atoms with van der Waals surface area (Å²) in [5, 5.41) is 17.7. The average Bonchev–Trinajstić information content (AvgIpc) is 3.01. The molecule has 2 saturated heterocycles. The third-order valence-electron chi connectivity index (χ3n) is 7.40. The average molecular weight is 442 g/mol. The highest BCUT2D eigenvalue weighted by Gasteiger charge is 2.57. The molecule has 0 spiro atoms. The van der Waals surface area contributed by atoms with Crippen molar-refractivity contribution in [2.75, 3.05) is 19.7 Å². The number of aliphatic imine (C=N–C) groups is 1. The van der Waals surface area contributed by atoms with Gasteiger partial charge in [0, 0.05) is 25.1 Å². The first-order chi connectivity index (χ1) is 15.1. The van der Waals surface area contributed by atoms with E-state index in [1.165, 1.54) is 0 Å². The van der Waals surface area contributed by atoms with E-state index in [1.54, 1.807) is 6.07 Å². The number of ether oxygens (including phenoxy) is 1. The fraction of sp³-hybridized carbons (Fsp3) is 0.583. The number of amidine groups is 1. The SMILES string of the molecule is C=C1NCC(N=C(N)CC)C2(C)C(O)C(NC(=O)c3cccc4c3OCCC4(C)C)CN12. The Bertz CT molecular complexity index is 959. The van der Waals surface area contributed by atoms with Gasteiger partial charge in [-0.1, -0.05) is 39.5 Å². The van der Waals surface area contributed by atoms with E-state index in [0.29, 0.717) is 49.1 Å². The zero-order valence-electron chi connectivity index (χ0n) is 19.4. The second-order valence-electron chi connectivity index (χ2n) is 9.84. The van der Waals surface area contributed by atoms with Crippen LogP contribution in [0.3, 0.4) is 0 Å². The second-order valence-corrected chi connectivity index (χ2v) is 9.84. The summed E-state index contributed by atoms with van der Waals surface area (Å²) in [6.45, 7) is 13.9.